The van der Waals surface area contributed by atoms with Gasteiger partial charge in [0.25, 0.3) is 15.8 Å². The standard InChI is InChI=1S/C11H12F3N5O2S/c1-7-4-3-5-15-9(7)22(20,21)16-6-8-17-10(11(12,13)14)18-19(8)2/h3-5,16H,6H2,1-2H3. The van der Waals surface area contributed by atoms with Gasteiger partial charge in [-0.05, 0) is 18.6 Å². The van der Waals surface area contributed by atoms with Crippen LogP contribution in [0.3, 0.4) is 0 Å². The van der Waals surface area contributed by atoms with E-state index in [9.17, 15) is 21.6 Å². The molecule has 2 aromatic heterocycles. The fourth-order valence-corrected chi connectivity index (χ4v) is 2.82. The summed E-state index contributed by atoms with van der Waals surface area (Å²) < 4.78 is 64.7. The van der Waals surface area contributed by atoms with E-state index in [1.165, 1.54) is 13.2 Å². The van der Waals surface area contributed by atoms with Gasteiger partial charge in [-0.2, -0.15) is 13.2 Å². The molecule has 1 N–H and O–H groups in total. The van der Waals surface area contributed by atoms with Crippen LogP contribution in [0.5, 0.6) is 0 Å². The van der Waals surface area contributed by atoms with Gasteiger partial charge in [-0.25, -0.2) is 23.1 Å². The summed E-state index contributed by atoms with van der Waals surface area (Å²) in [4.78, 5) is 7.04. The van der Waals surface area contributed by atoms with E-state index in [1.54, 1.807) is 19.1 Å². The number of sulfonamides is 1. The molecule has 0 fully saturated rings. The van der Waals surface area contributed by atoms with Crippen molar-refractivity contribution in [3.63, 3.8) is 0 Å². The maximum absolute atomic E-state index is 12.5. The quantitative estimate of drug-likeness (QED) is 0.901. The lowest BCUT2D eigenvalue weighted by Crippen LogP contribution is -2.26. The first-order valence-corrected chi connectivity index (χ1v) is 7.48. The predicted octanol–water partition coefficient (Wildman–Crippen LogP) is 1.02. The molecule has 0 spiro atoms. The third-order valence-electron chi connectivity index (χ3n) is 2.74. The topological polar surface area (TPSA) is 89.8 Å². The smallest absolute Gasteiger partial charge is 0.251 e. The van der Waals surface area contributed by atoms with E-state index in [1.807, 2.05) is 0 Å². The fourth-order valence-electron chi connectivity index (χ4n) is 1.67. The molecule has 22 heavy (non-hydrogen) atoms. The van der Waals surface area contributed by atoms with E-state index in [-0.39, 0.29) is 10.9 Å². The Labute approximate surface area is 124 Å². The summed E-state index contributed by atoms with van der Waals surface area (Å²) in [7, 11) is -2.71. The third kappa shape index (κ3) is 3.42. The van der Waals surface area contributed by atoms with Crippen molar-refractivity contribution in [3.8, 4) is 0 Å². The van der Waals surface area contributed by atoms with Gasteiger partial charge in [0.2, 0.25) is 0 Å². The first-order valence-electron chi connectivity index (χ1n) is 5.99. The third-order valence-corrected chi connectivity index (χ3v) is 4.20. The lowest BCUT2D eigenvalue weighted by Gasteiger charge is -2.07. The Morgan fingerprint density at radius 3 is 2.59 bits per heavy atom. The van der Waals surface area contributed by atoms with Crippen LogP contribution in [-0.4, -0.2) is 28.2 Å². The number of nitrogens with one attached hydrogen (secondary N) is 1. The number of pyridine rings is 1. The molecule has 120 valence electrons. The van der Waals surface area contributed by atoms with Crippen molar-refractivity contribution in [1.82, 2.24) is 24.5 Å². The molecule has 2 heterocycles. The van der Waals surface area contributed by atoms with Gasteiger partial charge in [0, 0.05) is 13.2 Å². The predicted molar refractivity (Wildman–Crippen MR) is 69.0 cm³/mol. The Hall–Kier alpha value is -2.01. The van der Waals surface area contributed by atoms with Crippen molar-refractivity contribution in [2.75, 3.05) is 0 Å². The molecule has 0 aliphatic rings. The molecular weight excluding hydrogens is 323 g/mol. The molecule has 2 rings (SSSR count). The van der Waals surface area contributed by atoms with Crippen molar-refractivity contribution >= 4 is 10.0 Å². The minimum atomic E-state index is -4.69. The zero-order chi connectivity index (χ0) is 16.5. The van der Waals surface area contributed by atoms with Gasteiger partial charge < -0.3 is 0 Å². The number of nitrogens with zero attached hydrogens (tertiary/aromatic N) is 4. The van der Waals surface area contributed by atoms with Crippen LogP contribution in [0.2, 0.25) is 0 Å². The van der Waals surface area contributed by atoms with E-state index in [2.05, 4.69) is 19.8 Å². The van der Waals surface area contributed by atoms with Crippen LogP contribution in [0.4, 0.5) is 13.2 Å². The van der Waals surface area contributed by atoms with Gasteiger partial charge in [-0.15, -0.1) is 5.10 Å². The van der Waals surface area contributed by atoms with Crippen molar-refractivity contribution in [1.29, 1.82) is 0 Å². The number of halogens is 3. The number of alkyl halides is 3. The van der Waals surface area contributed by atoms with E-state index in [4.69, 9.17) is 0 Å². The fraction of sp³-hybridized carbons (Fsp3) is 0.364. The molecule has 0 aliphatic carbocycles. The van der Waals surface area contributed by atoms with Crippen LogP contribution < -0.4 is 4.72 Å². The first-order chi connectivity index (χ1) is 10.1. The van der Waals surface area contributed by atoms with Gasteiger partial charge in [0.05, 0.1) is 6.54 Å². The molecule has 0 saturated carbocycles. The monoisotopic (exact) mass is 335 g/mol. The number of rotatable bonds is 4. The number of hydrogen-bond donors (Lipinski definition) is 1. The summed E-state index contributed by atoms with van der Waals surface area (Å²) in [5, 5.41) is 3.02. The zero-order valence-corrected chi connectivity index (χ0v) is 12.4. The molecular formula is C11H12F3N5O2S. The van der Waals surface area contributed by atoms with Crippen molar-refractivity contribution in [2.24, 2.45) is 7.05 Å². The summed E-state index contributed by atoms with van der Waals surface area (Å²) in [5.74, 6) is -1.48. The van der Waals surface area contributed by atoms with Gasteiger partial charge >= 0.3 is 6.18 Å². The number of hydrogen-bond acceptors (Lipinski definition) is 5. The second-order valence-corrected chi connectivity index (χ2v) is 6.11. The van der Waals surface area contributed by atoms with Gasteiger partial charge in [0.15, 0.2) is 5.03 Å². The van der Waals surface area contributed by atoms with Crippen LogP contribution in [0.1, 0.15) is 17.2 Å². The van der Waals surface area contributed by atoms with E-state index in [0.717, 1.165) is 4.68 Å². The Morgan fingerprint density at radius 1 is 1.36 bits per heavy atom. The van der Waals surface area contributed by atoms with Crippen LogP contribution >= 0.6 is 0 Å². The maximum Gasteiger partial charge on any atom is 0.453 e. The molecule has 0 saturated heterocycles. The van der Waals surface area contributed by atoms with Crippen LogP contribution in [0.25, 0.3) is 0 Å². The van der Waals surface area contributed by atoms with Crippen molar-refractivity contribution < 1.29 is 21.6 Å². The number of aryl methyl sites for hydroxylation is 2. The molecule has 0 amide bonds. The molecule has 0 aliphatic heterocycles. The highest BCUT2D eigenvalue weighted by atomic mass is 32.2. The van der Waals surface area contributed by atoms with Crippen molar-refractivity contribution in [3.05, 3.63) is 35.5 Å². The first kappa shape index (κ1) is 16.4. The summed E-state index contributed by atoms with van der Waals surface area (Å²) in [6.07, 6.45) is -3.38. The molecule has 2 aromatic rings. The lowest BCUT2D eigenvalue weighted by molar-refractivity contribution is -0.145. The maximum atomic E-state index is 12.5. The lowest BCUT2D eigenvalue weighted by atomic mass is 10.3. The Morgan fingerprint density at radius 2 is 2.05 bits per heavy atom. The number of aromatic nitrogens is 4. The second-order valence-electron chi connectivity index (χ2n) is 4.42. The van der Waals surface area contributed by atoms with Crippen LogP contribution in [0.15, 0.2) is 23.4 Å². The second kappa shape index (κ2) is 5.65. The minimum absolute atomic E-state index is 0.163. The molecule has 7 nitrogen and oxygen atoms in total. The highest BCUT2D eigenvalue weighted by molar-refractivity contribution is 7.89. The summed E-state index contributed by atoms with van der Waals surface area (Å²) in [6, 6.07) is 3.14. The van der Waals surface area contributed by atoms with Crippen molar-refractivity contribution in [2.45, 2.75) is 24.7 Å². The molecule has 0 aromatic carbocycles. The largest absolute Gasteiger partial charge is 0.453 e. The van der Waals surface area contributed by atoms with E-state index < -0.39 is 28.6 Å². The Bertz CT molecular complexity index is 785. The summed E-state index contributed by atoms with van der Waals surface area (Å²) in [6.45, 7) is 1.13. The zero-order valence-electron chi connectivity index (χ0n) is 11.6. The van der Waals surface area contributed by atoms with Gasteiger partial charge in [0.1, 0.15) is 5.82 Å². The highest BCUT2D eigenvalue weighted by Crippen LogP contribution is 2.26. The minimum Gasteiger partial charge on any atom is -0.251 e. The summed E-state index contributed by atoms with van der Waals surface area (Å²) >= 11 is 0. The van der Waals surface area contributed by atoms with Gasteiger partial charge in [-0.3, -0.25) is 4.68 Å². The van der Waals surface area contributed by atoms with E-state index in [0.29, 0.717) is 5.56 Å². The van der Waals surface area contributed by atoms with Crippen LogP contribution in [-0.2, 0) is 29.8 Å². The average molecular weight is 335 g/mol. The molecule has 0 radical (unpaired) electrons. The molecule has 0 bridgehead atoms. The highest BCUT2D eigenvalue weighted by Gasteiger charge is 2.36. The van der Waals surface area contributed by atoms with E-state index >= 15 is 0 Å². The van der Waals surface area contributed by atoms with Crippen LogP contribution in [0, 0.1) is 6.92 Å². The Kier molecular flexibility index (Phi) is 4.20. The Balaban J connectivity index is 2.20. The average Bonchev–Trinajstić information content (AvgIpc) is 2.78. The molecule has 11 heteroatoms. The normalized spacial score (nSPS) is 12.6. The van der Waals surface area contributed by atoms with Gasteiger partial charge in [-0.1, -0.05) is 6.07 Å². The molecule has 0 unspecified atom stereocenters. The molecule has 0 atom stereocenters. The SMILES string of the molecule is Cc1cccnc1S(=O)(=O)NCc1nc(C(F)(F)F)nn1C. The summed E-state index contributed by atoms with van der Waals surface area (Å²) in [5.41, 5.74) is 0.420.